The van der Waals surface area contributed by atoms with Gasteiger partial charge < -0.3 is 14.6 Å². The van der Waals surface area contributed by atoms with E-state index in [1.807, 2.05) is 37.3 Å². The molecular weight excluding hydrogens is 268 g/mol. The summed E-state index contributed by atoms with van der Waals surface area (Å²) in [6.07, 6.45) is -0.651. The van der Waals surface area contributed by atoms with Gasteiger partial charge in [-0.15, -0.1) is 0 Å². The van der Waals surface area contributed by atoms with Gasteiger partial charge in [-0.1, -0.05) is 36.4 Å². The molecular formula is C17H18O4. The molecule has 0 saturated carbocycles. The van der Waals surface area contributed by atoms with Crippen molar-refractivity contribution in [1.82, 2.24) is 0 Å². The first-order valence-electron chi connectivity index (χ1n) is 6.69. The number of hydrogen-bond acceptors (Lipinski definition) is 3. The van der Waals surface area contributed by atoms with Crippen molar-refractivity contribution in [1.29, 1.82) is 0 Å². The first-order chi connectivity index (χ1) is 10.1. The molecule has 0 aliphatic heterocycles. The number of benzene rings is 2. The molecule has 0 radical (unpaired) electrons. The van der Waals surface area contributed by atoms with E-state index in [9.17, 15) is 9.90 Å². The monoisotopic (exact) mass is 286 g/mol. The molecule has 0 bridgehead atoms. The Morgan fingerprint density at radius 2 is 1.71 bits per heavy atom. The van der Waals surface area contributed by atoms with Gasteiger partial charge in [-0.2, -0.15) is 0 Å². The van der Waals surface area contributed by atoms with Crippen molar-refractivity contribution in [3.05, 3.63) is 59.7 Å². The number of methoxy groups -OCH3 is 1. The van der Waals surface area contributed by atoms with Crippen LogP contribution in [0.1, 0.15) is 11.1 Å². The molecule has 1 unspecified atom stereocenters. The van der Waals surface area contributed by atoms with Crippen LogP contribution >= 0.6 is 0 Å². The van der Waals surface area contributed by atoms with Crippen LogP contribution < -0.4 is 9.47 Å². The number of carboxylic acids is 1. The third-order valence-electron chi connectivity index (χ3n) is 3.28. The van der Waals surface area contributed by atoms with E-state index >= 15 is 0 Å². The number of carbonyl (C=O) groups is 1. The maximum absolute atomic E-state index is 11.5. The first kappa shape index (κ1) is 14.9. The SMILES string of the molecule is COc1ccccc1OC(Cc1ccccc1C)C(=O)O. The zero-order chi connectivity index (χ0) is 15.2. The van der Waals surface area contributed by atoms with Gasteiger partial charge in [0.05, 0.1) is 7.11 Å². The van der Waals surface area contributed by atoms with E-state index in [2.05, 4.69) is 0 Å². The smallest absolute Gasteiger partial charge is 0.345 e. The fourth-order valence-corrected chi connectivity index (χ4v) is 2.09. The molecule has 0 aliphatic carbocycles. The molecule has 21 heavy (non-hydrogen) atoms. The zero-order valence-corrected chi connectivity index (χ0v) is 12.1. The lowest BCUT2D eigenvalue weighted by molar-refractivity contribution is -0.145. The van der Waals surface area contributed by atoms with E-state index in [0.717, 1.165) is 11.1 Å². The lowest BCUT2D eigenvalue weighted by atomic mass is 10.0. The molecule has 0 saturated heterocycles. The second-order valence-corrected chi connectivity index (χ2v) is 4.73. The van der Waals surface area contributed by atoms with Gasteiger partial charge in [0.25, 0.3) is 0 Å². The second-order valence-electron chi connectivity index (χ2n) is 4.73. The van der Waals surface area contributed by atoms with Crippen LogP contribution in [-0.2, 0) is 11.2 Å². The van der Waals surface area contributed by atoms with Gasteiger partial charge in [-0.05, 0) is 30.2 Å². The molecule has 4 nitrogen and oxygen atoms in total. The fourth-order valence-electron chi connectivity index (χ4n) is 2.09. The molecule has 0 aliphatic rings. The highest BCUT2D eigenvalue weighted by atomic mass is 16.5. The number of aryl methyl sites for hydroxylation is 1. The maximum atomic E-state index is 11.5. The van der Waals surface area contributed by atoms with Crippen molar-refractivity contribution in [2.45, 2.75) is 19.4 Å². The molecule has 0 heterocycles. The predicted molar refractivity (Wildman–Crippen MR) is 79.9 cm³/mol. The lowest BCUT2D eigenvalue weighted by Gasteiger charge is -2.18. The summed E-state index contributed by atoms with van der Waals surface area (Å²) in [6.45, 7) is 1.96. The predicted octanol–water partition coefficient (Wildman–Crippen LogP) is 3.08. The van der Waals surface area contributed by atoms with E-state index in [-0.39, 0.29) is 0 Å². The Balaban J connectivity index is 2.20. The molecule has 0 fully saturated rings. The van der Waals surface area contributed by atoms with Crippen LogP contribution in [-0.4, -0.2) is 24.3 Å². The van der Waals surface area contributed by atoms with Gasteiger partial charge >= 0.3 is 5.97 Å². The number of carboxylic acid groups (broad SMARTS) is 1. The highest BCUT2D eigenvalue weighted by Gasteiger charge is 2.22. The minimum atomic E-state index is -0.996. The number of hydrogen-bond donors (Lipinski definition) is 1. The van der Waals surface area contributed by atoms with Crippen LogP contribution in [0.5, 0.6) is 11.5 Å². The van der Waals surface area contributed by atoms with E-state index in [4.69, 9.17) is 9.47 Å². The highest BCUT2D eigenvalue weighted by molar-refractivity contribution is 5.73. The summed E-state index contributed by atoms with van der Waals surface area (Å²) in [5.74, 6) is -0.0429. The van der Waals surface area contributed by atoms with E-state index in [1.165, 1.54) is 7.11 Å². The van der Waals surface area contributed by atoms with Crippen molar-refractivity contribution < 1.29 is 19.4 Å². The van der Waals surface area contributed by atoms with E-state index in [1.54, 1.807) is 18.2 Å². The minimum absolute atomic E-state index is 0.306. The molecule has 0 amide bonds. The van der Waals surface area contributed by atoms with Crippen LogP contribution in [0, 0.1) is 6.92 Å². The van der Waals surface area contributed by atoms with Gasteiger partial charge in [-0.3, -0.25) is 0 Å². The van der Waals surface area contributed by atoms with Crippen molar-refractivity contribution in [3.63, 3.8) is 0 Å². The van der Waals surface area contributed by atoms with Crippen molar-refractivity contribution in [3.8, 4) is 11.5 Å². The van der Waals surface area contributed by atoms with Crippen molar-refractivity contribution in [2.75, 3.05) is 7.11 Å². The largest absolute Gasteiger partial charge is 0.493 e. The summed E-state index contributed by atoms with van der Waals surface area (Å²) in [4.78, 5) is 11.5. The van der Waals surface area contributed by atoms with Crippen molar-refractivity contribution >= 4 is 5.97 Å². The molecule has 2 rings (SSSR count). The minimum Gasteiger partial charge on any atom is -0.493 e. The fraction of sp³-hybridized carbons (Fsp3) is 0.235. The average molecular weight is 286 g/mol. The van der Waals surface area contributed by atoms with Crippen LogP contribution in [0.2, 0.25) is 0 Å². The number of aliphatic carboxylic acids is 1. The van der Waals surface area contributed by atoms with Gasteiger partial charge in [0.2, 0.25) is 0 Å². The third kappa shape index (κ3) is 3.75. The Morgan fingerprint density at radius 1 is 1.10 bits per heavy atom. The first-order valence-corrected chi connectivity index (χ1v) is 6.69. The highest BCUT2D eigenvalue weighted by Crippen LogP contribution is 2.27. The molecule has 1 atom stereocenters. The quantitative estimate of drug-likeness (QED) is 0.886. The van der Waals surface area contributed by atoms with E-state index < -0.39 is 12.1 Å². The van der Waals surface area contributed by atoms with Gasteiger partial charge in [0.15, 0.2) is 17.6 Å². The summed E-state index contributed by atoms with van der Waals surface area (Å²) in [5.41, 5.74) is 2.01. The molecule has 0 aromatic heterocycles. The van der Waals surface area contributed by atoms with Crippen LogP contribution in [0.25, 0.3) is 0 Å². The van der Waals surface area contributed by atoms with Gasteiger partial charge in [0, 0.05) is 6.42 Å². The second kappa shape index (κ2) is 6.79. The van der Waals surface area contributed by atoms with Crippen LogP contribution in [0.4, 0.5) is 0 Å². The Bertz CT molecular complexity index is 622. The molecule has 0 spiro atoms. The van der Waals surface area contributed by atoms with Gasteiger partial charge in [-0.25, -0.2) is 4.79 Å². The Kier molecular flexibility index (Phi) is 4.82. The van der Waals surface area contributed by atoms with Gasteiger partial charge in [0.1, 0.15) is 0 Å². The summed E-state index contributed by atoms with van der Waals surface area (Å²) < 4.78 is 10.8. The van der Waals surface area contributed by atoms with E-state index in [0.29, 0.717) is 17.9 Å². The third-order valence-corrected chi connectivity index (χ3v) is 3.28. The topological polar surface area (TPSA) is 55.8 Å². The number of para-hydroxylation sites is 2. The Morgan fingerprint density at radius 3 is 2.33 bits per heavy atom. The summed E-state index contributed by atoms with van der Waals surface area (Å²) in [7, 11) is 1.53. The molecule has 2 aromatic carbocycles. The standard InChI is InChI=1S/C17H18O4/c1-12-7-3-4-8-13(12)11-16(17(18)19)21-15-10-6-5-9-14(15)20-2/h3-10,16H,11H2,1-2H3,(H,18,19). The lowest BCUT2D eigenvalue weighted by Crippen LogP contribution is -2.29. The van der Waals surface area contributed by atoms with Crippen LogP contribution in [0.3, 0.4) is 0 Å². The molecule has 1 N–H and O–H groups in total. The Hall–Kier alpha value is -2.49. The average Bonchev–Trinajstić information content (AvgIpc) is 2.49. The molecule has 110 valence electrons. The molecule has 2 aromatic rings. The summed E-state index contributed by atoms with van der Waals surface area (Å²) in [5, 5.41) is 9.38. The zero-order valence-electron chi connectivity index (χ0n) is 12.1. The van der Waals surface area contributed by atoms with Crippen LogP contribution in [0.15, 0.2) is 48.5 Å². The van der Waals surface area contributed by atoms with Crippen molar-refractivity contribution in [2.24, 2.45) is 0 Å². The summed E-state index contributed by atoms with van der Waals surface area (Å²) >= 11 is 0. The number of rotatable bonds is 6. The number of ether oxygens (including phenoxy) is 2. The Labute approximate surface area is 123 Å². The normalized spacial score (nSPS) is 11.7. The molecule has 4 heteroatoms. The maximum Gasteiger partial charge on any atom is 0.345 e. The summed E-state index contributed by atoms with van der Waals surface area (Å²) in [6, 6.07) is 14.7.